The van der Waals surface area contributed by atoms with Crippen molar-refractivity contribution >= 4 is 34.8 Å². The fraction of sp³-hybridized carbons (Fsp3) is 0.0455. The highest BCUT2D eigenvalue weighted by molar-refractivity contribution is 6.59. The van der Waals surface area contributed by atoms with Crippen molar-refractivity contribution in [3.05, 3.63) is 83.0 Å². The SMILES string of the molecule is O=C1N=C2C=CCC=C2C1=NNc1cc(C(=O)c2ccccc2C(=O)O)ccc1[O-]. The molecule has 0 radical (unpaired) electrons. The molecule has 0 fully saturated rings. The number of benzene rings is 2. The number of allylic oxidation sites excluding steroid dienone is 3. The van der Waals surface area contributed by atoms with Gasteiger partial charge in [-0.1, -0.05) is 48.2 Å². The van der Waals surface area contributed by atoms with Gasteiger partial charge in [0.15, 0.2) is 11.5 Å². The summed E-state index contributed by atoms with van der Waals surface area (Å²) in [4.78, 5) is 40.2. The number of hydrazone groups is 1. The van der Waals surface area contributed by atoms with Crippen LogP contribution in [0.1, 0.15) is 32.7 Å². The Balaban J connectivity index is 1.64. The van der Waals surface area contributed by atoms with E-state index in [4.69, 9.17) is 0 Å². The number of fused-ring (bicyclic) bond motifs is 1. The van der Waals surface area contributed by atoms with E-state index in [-0.39, 0.29) is 28.1 Å². The van der Waals surface area contributed by atoms with Crippen molar-refractivity contribution in [3.63, 3.8) is 0 Å². The topological polar surface area (TPSA) is 131 Å². The Kier molecular flexibility index (Phi) is 4.81. The fourth-order valence-corrected chi connectivity index (χ4v) is 3.16. The van der Waals surface area contributed by atoms with Gasteiger partial charge in [-0.2, -0.15) is 5.10 Å². The zero-order chi connectivity index (χ0) is 21.3. The number of carboxylic acid groups (broad SMARTS) is 1. The van der Waals surface area contributed by atoms with Gasteiger partial charge >= 0.3 is 5.97 Å². The first-order valence-electron chi connectivity index (χ1n) is 8.98. The first-order valence-corrected chi connectivity index (χ1v) is 8.98. The molecule has 148 valence electrons. The molecule has 2 aromatic carbocycles. The van der Waals surface area contributed by atoms with Crippen molar-refractivity contribution in [1.82, 2.24) is 0 Å². The molecule has 2 aliphatic rings. The van der Waals surface area contributed by atoms with E-state index in [9.17, 15) is 24.6 Å². The molecule has 0 atom stereocenters. The van der Waals surface area contributed by atoms with Crippen LogP contribution in [-0.2, 0) is 4.79 Å². The smallest absolute Gasteiger partial charge is 0.336 e. The molecule has 1 heterocycles. The molecular formula is C22H14N3O5-. The van der Waals surface area contributed by atoms with Crippen LogP contribution in [0.5, 0.6) is 5.75 Å². The largest absolute Gasteiger partial charge is 0.871 e. The van der Waals surface area contributed by atoms with Gasteiger partial charge in [0.25, 0.3) is 5.91 Å². The van der Waals surface area contributed by atoms with E-state index in [1.165, 1.54) is 36.4 Å². The van der Waals surface area contributed by atoms with Gasteiger partial charge in [0, 0.05) is 22.4 Å². The van der Waals surface area contributed by atoms with E-state index >= 15 is 0 Å². The highest BCUT2D eigenvalue weighted by atomic mass is 16.4. The summed E-state index contributed by atoms with van der Waals surface area (Å²) in [7, 11) is 0. The lowest BCUT2D eigenvalue weighted by Gasteiger charge is -2.15. The number of nitrogens with zero attached hydrogens (tertiary/aromatic N) is 2. The quantitative estimate of drug-likeness (QED) is 0.585. The molecule has 1 amide bonds. The number of aromatic carboxylic acids is 1. The van der Waals surface area contributed by atoms with E-state index in [1.54, 1.807) is 12.1 Å². The molecule has 0 saturated carbocycles. The van der Waals surface area contributed by atoms with Crippen LogP contribution >= 0.6 is 0 Å². The minimum atomic E-state index is -1.23. The molecule has 0 saturated heterocycles. The summed E-state index contributed by atoms with van der Waals surface area (Å²) < 4.78 is 0. The molecule has 0 unspecified atom stereocenters. The van der Waals surface area contributed by atoms with Crippen molar-refractivity contribution in [1.29, 1.82) is 0 Å². The number of amides is 1. The average molecular weight is 400 g/mol. The van der Waals surface area contributed by atoms with E-state index in [0.717, 1.165) is 0 Å². The minimum absolute atomic E-state index is 0.00377. The van der Waals surface area contributed by atoms with Gasteiger partial charge in [0.05, 0.1) is 11.3 Å². The van der Waals surface area contributed by atoms with Gasteiger partial charge in [0.2, 0.25) is 0 Å². The molecule has 8 nitrogen and oxygen atoms in total. The Bertz CT molecular complexity index is 1220. The van der Waals surface area contributed by atoms with E-state index in [2.05, 4.69) is 15.5 Å². The molecule has 0 aromatic heterocycles. The number of ketones is 1. The van der Waals surface area contributed by atoms with Crippen LogP contribution in [0.2, 0.25) is 0 Å². The highest BCUT2D eigenvalue weighted by Crippen LogP contribution is 2.25. The van der Waals surface area contributed by atoms with Crippen LogP contribution in [-0.4, -0.2) is 34.2 Å². The van der Waals surface area contributed by atoms with Gasteiger partial charge < -0.3 is 10.2 Å². The number of rotatable bonds is 5. The van der Waals surface area contributed by atoms with Crippen molar-refractivity contribution in [3.8, 4) is 5.75 Å². The maximum Gasteiger partial charge on any atom is 0.336 e. The zero-order valence-corrected chi connectivity index (χ0v) is 15.5. The molecule has 2 N–H and O–H groups in total. The lowest BCUT2D eigenvalue weighted by atomic mass is 9.98. The Morgan fingerprint density at radius 1 is 1.13 bits per heavy atom. The molecule has 1 aliphatic carbocycles. The van der Waals surface area contributed by atoms with E-state index in [1.807, 2.05) is 12.2 Å². The lowest BCUT2D eigenvalue weighted by molar-refractivity contribution is -0.267. The number of anilines is 1. The van der Waals surface area contributed by atoms with Crippen LogP contribution in [0.15, 0.2) is 76.4 Å². The molecule has 2 aromatic rings. The highest BCUT2D eigenvalue weighted by Gasteiger charge is 2.28. The number of nitrogens with one attached hydrogen (secondary N) is 1. The number of hydrogen-bond acceptors (Lipinski definition) is 6. The summed E-state index contributed by atoms with van der Waals surface area (Å²) in [5, 5.41) is 25.5. The standard InChI is InChI=1S/C22H15N3O5/c26-18-10-9-12(20(27)13-5-1-2-6-14(13)22(29)30)11-17(18)24-25-19-15-7-3-4-8-16(15)23-21(19)28/h1-2,4-11,24,26H,3H2,(H,29,30)/p-1. The predicted molar refractivity (Wildman–Crippen MR) is 108 cm³/mol. The van der Waals surface area contributed by atoms with Crippen LogP contribution in [0.4, 0.5) is 5.69 Å². The number of hydrogen-bond donors (Lipinski definition) is 2. The van der Waals surface area contributed by atoms with Crippen LogP contribution in [0, 0.1) is 0 Å². The molecule has 30 heavy (non-hydrogen) atoms. The van der Waals surface area contributed by atoms with Crippen molar-refractivity contribution in [2.24, 2.45) is 10.1 Å². The van der Waals surface area contributed by atoms with Gasteiger partial charge in [-0.15, -0.1) is 0 Å². The maximum absolute atomic E-state index is 12.8. The van der Waals surface area contributed by atoms with E-state index < -0.39 is 23.4 Å². The molecule has 4 rings (SSSR count). The third kappa shape index (κ3) is 3.42. The average Bonchev–Trinajstić information content (AvgIpc) is 3.07. The summed E-state index contributed by atoms with van der Waals surface area (Å²) in [6, 6.07) is 9.60. The summed E-state index contributed by atoms with van der Waals surface area (Å²) in [6.07, 6.45) is 6.05. The summed E-state index contributed by atoms with van der Waals surface area (Å²) in [6.45, 7) is 0. The van der Waals surface area contributed by atoms with Crippen LogP contribution in [0.3, 0.4) is 0 Å². The van der Waals surface area contributed by atoms with Crippen LogP contribution in [0.25, 0.3) is 0 Å². The first-order chi connectivity index (χ1) is 14.5. The fourth-order valence-electron chi connectivity index (χ4n) is 3.16. The molecule has 8 heteroatoms. The minimum Gasteiger partial charge on any atom is -0.871 e. The summed E-state index contributed by atoms with van der Waals surface area (Å²) in [5.41, 5.74) is 3.70. The first kappa shape index (κ1) is 19.0. The second-order valence-corrected chi connectivity index (χ2v) is 6.52. The lowest BCUT2D eigenvalue weighted by Crippen LogP contribution is -2.14. The van der Waals surface area contributed by atoms with Crippen molar-refractivity contribution in [2.75, 3.05) is 5.43 Å². The number of carboxylic acids is 1. The Morgan fingerprint density at radius 2 is 1.90 bits per heavy atom. The molecule has 0 spiro atoms. The second kappa shape index (κ2) is 7.59. The zero-order valence-electron chi connectivity index (χ0n) is 15.5. The maximum atomic E-state index is 12.8. The molecule has 1 aliphatic heterocycles. The van der Waals surface area contributed by atoms with Crippen LogP contribution < -0.4 is 10.5 Å². The van der Waals surface area contributed by atoms with Gasteiger partial charge in [-0.3, -0.25) is 15.0 Å². The molecule has 0 bridgehead atoms. The number of carbonyl (C=O) groups excluding carboxylic acids is 2. The third-order valence-corrected chi connectivity index (χ3v) is 4.62. The van der Waals surface area contributed by atoms with E-state index in [0.29, 0.717) is 17.7 Å². The normalized spacial score (nSPS) is 16.1. The van der Waals surface area contributed by atoms with Gasteiger partial charge in [-0.05, 0) is 24.6 Å². The monoisotopic (exact) mass is 400 g/mol. The van der Waals surface area contributed by atoms with Gasteiger partial charge in [-0.25, -0.2) is 9.79 Å². The van der Waals surface area contributed by atoms with Crippen molar-refractivity contribution < 1.29 is 24.6 Å². The third-order valence-electron chi connectivity index (χ3n) is 4.62. The van der Waals surface area contributed by atoms with Gasteiger partial charge in [0.1, 0.15) is 0 Å². The number of carbonyl (C=O) groups is 3. The Labute approximate surface area is 170 Å². The Hall–Kier alpha value is -4.33. The predicted octanol–water partition coefficient (Wildman–Crippen LogP) is 2.32. The number of aliphatic imine (C=N–C) groups is 1. The molecular weight excluding hydrogens is 386 g/mol. The summed E-state index contributed by atoms with van der Waals surface area (Å²) in [5.74, 6) is -2.74. The summed E-state index contributed by atoms with van der Waals surface area (Å²) >= 11 is 0. The second-order valence-electron chi connectivity index (χ2n) is 6.52. The Morgan fingerprint density at radius 3 is 2.67 bits per heavy atom. The van der Waals surface area contributed by atoms with Crippen molar-refractivity contribution in [2.45, 2.75) is 6.42 Å².